The van der Waals surface area contributed by atoms with Gasteiger partial charge >= 0.3 is 0 Å². The van der Waals surface area contributed by atoms with Gasteiger partial charge in [-0.05, 0) is 24.1 Å². The quantitative estimate of drug-likeness (QED) is 0.624. The van der Waals surface area contributed by atoms with E-state index in [2.05, 4.69) is 15.2 Å². The third kappa shape index (κ3) is 4.46. The van der Waals surface area contributed by atoms with Gasteiger partial charge in [-0.15, -0.1) is 0 Å². The first-order valence-electron chi connectivity index (χ1n) is 7.48. The number of amides is 1. The first-order chi connectivity index (χ1) is 10.6. The SMILES string of the molecule is CN=C(NCc1cccc(C(N)=O)c1)N(C)CC1CCOC1. The number of primary amides is 1. The number of rotatable bonds is 5. The maximum atomic E-state index is 11.2. The summed E-state index contributed by atoms with van der Waals surface area (Å²) >= 11 is 0. The maximum absolute atomic E-state index is 11.2. The van der Waals surface area contributed by atoms with E-state index in [-0.39, 0.29) is 0 Å². The van der Waals surface area contributed by atoms with Crippen molar-refractivity contribution in [2.45, 2.75) is 13.0 Å². The molecule has 1 amide bonds. The molecule has 0 spiro atoms. The van der Waals surface area contributed by atoms with Crippen LogP contribution in [0.4, 0.5) is 0 Å². The minimum Gasteiger partial charge on any atom is -0.381 e. The van der Waals surface area contributed by atoms with Crippen LogP contribution < -0.4 is 11.1 Å². The van der Waals surface area contributed by atoms with Crippen molar-refractivity contribution in [2.75, 3.05) is 33.9 Å². The molecule has 1 aliphatic rings. The first kappa shape index (κ1) is 16.3. The highest BCUT2D eigenvalue weighted by atomic mass is 16.5. The highest BCUT2D eigenvalue weighted by molar-refractivity contribution is 5.92. The monoisotopic (exact) mass is 304 g/mol. The number of guanidine groups is 1. The summed E-state index contributed by atoms with van der Waals surface area (Å²) in [6.07, 6.45) is 1.10. The molecule has 1 aromatic carbocycles. The van der Waals surface area contributed by atoms with E-state index in [1.165, 1.54) is 0 Å². The topological polar surface area (TPSA) is 79.9 Å². The molecule has 1 unspecified atom stereocenters. The summed E-state index contributed by atoms with van der Waals surface area (Å²) in [6, 6.07) is 7.30. The van der Waals surface area contributed by atoms with Crippen molar-refractivity contribution < 1.29 is 9.53 Å². The Kier molecular flexibility index (Phi) is 5.77. The molecule has 0 radical (unpaired) electrons. The lowest BCUT2D eigenvalue weighted by Gasteiger charge is -2.24. The van der Waals surface area contributed by atoms with E-state index in [0.717, 1.165) is 37.7 Å². The summed E-state index contributed by atoms with van der Waals surface area (Å²) in [5.41, 5.74) is 6.82. The van der Waals surface area contributed by atoms with Gasteiger partial charge in [-0.1, -0.05) is 12.1 Å². The van der Waals surface area contributed by atoms with Gasteiger partial charge in [0.05, 0.1) is 6.61 Å². The molecule has 6 nitrogen and oxygen atoms in total. The molecule has 1 aliphatic heterocycles. The number of nitrogens with two attached hydrogens (primary N) is 1. The van der Waals surface area contributed by atoms with Crippen LogP contribution in [0.3, 0.4) is 0 Å². The summed E-state index contributed by atoms with van der Waals surface area (Å²) < 4.78 is 5.41. The Balaban J connectivity index is 1.90. The lowest BCUT2D eigenvalue weighted by molar-refractivity contribution is 0.1000. The van der Waals surface area contributed by atoms with Gasteiger partial charge in [0.25, 0.3) is 0 Å². The van der Waals surface area contributed by atoms with E-state index in [0.29, 0.717) is 18.0 Å². The van der Waals surface area contributed by atoms with Crippen molar-refractivity contribution >= 4 is 11.9 Å². The molecule has 120 valence electrons. The van der Waals surface area contributed by atoms with Crippen LogP contribution in [0.1, 0.15) is 22.3 Å². The van der Waals surface area contributed by atoms with Gasteiger partial charge in [-0.3, -0.25) is 9.79 Å². The van der Waals surface area contributed by atoms with Gasteiger partial charge in [0, 0.05) is 45.3 Å². The second kappa shape index (κ2) is 7.79. The fraction of sp³-hybridized carbons (Fsp3) is 0.500. The first-order valence-corrected chi connectivity index (χ1v) is 7.48. The van der Waals surface area contributed by atoms with Gasteiger partial charge in [0.2, 0.25) is 5.91 Å². The number of carbonyl (C=O) groups is 1. The molecule has 1 heterocycles. The highest BCUT2D eigenvalue weighted by Crippen LogP contribution is 2.13. The number of benzene rings is 1. The van der Waals surface area contributed by atoms with Gasteiger partial charge in [0.1, 0.15) is 0 Å². The number of carbonyl (C=O) groups excluding carboxylic acids is 1. The van der Waals surface area contributed by atoms with E-state index in [9.17, 15) is 4.79 Å². The van der Waals surface area contributed by atoms with Crippen LogP contribution in [0, 0.1) is 5.92 Å². The van der Waals surface area contributed by atoms with Crippen LogP contribution in [0.15, 0.2) is 29.3 Å². The number of nitrogens with one attached hydrogen (secondary N) is 1. The lowest BCUT2D eigenvalue weighted by Crippen LogP contribution is -2.41. The fourth-order valence-corrected chi connectivity index (χ4v) is 2.60. The lowest BCUT2D eigenvalue weighted by atomic mass is 10.1. The van der Waals surface area contributed by atoms with E-state index in [4.69, 9.17) is 10.5 Å². The zero-order valence-corrected chi connectivity index (χ0v) is 13.2. The normalized spacial score (nSPS) is 18.3. The number of ether oxygens (including phenoxy) is 1. The van der Waals surface area contributed by atoms with Crippen molar-refractivity contribution in [3.63, 3.8) is 0 Å². The second-order valence-electron chi connectivity index (χ2n) is 5.58. The molecular formula is C16H24N4O2. The van der Waals surface area contributed by atoms with Gasteiger partial charge in [-0.2, -0.15) is 0 Å². The summed E-state index contributed by atoms with van der Waals surface area (Å²) in [5.74, 6) is 0.975. The number of nitrogens with zero attached hydrogens (tertiary/aromatic N) is 2. The third-order valence-electron chi connectivity index (χ3n) is 3.79. The van der Waals surface area contributed by atoms with Crippen LogP contribution in [0.5, 0.6) is 0 Å². The molecule has 6 heteroatoms. The Morgan fingerprint density at radius 3 is 3.00 bits per heavy atom. The summed E-state index contributed by atoms with van der Waals surface area (Å²) in [7, 11) is 3.79. The van der Waals surface area contributed by atoms with Gasteiger partial charge in [-0.25, -0.2) is 0 Å². The van der Waals surface area contributed by atoms with Crippen molar-refractivity contribution in [1.82, 2.24) is 10.2 Å². The van der Waals surface area contributed by atoms with Crippen molar-refractivity contribution in [3.05, 3.63) is 35.4 Å². The largest absolute Gasteiger partial charge is 0.381 e. The number of hydrogen-bond donors (Lipinski definition) is 2. The molecule has 0 saturated carbocycles. The number of hydrogen-bond acceptors (Lipinski definition) is 3. The fourth-order valence-electron chi connectivity index (χ4n) is 2.60. The van der Waals surface area contributed by atoms with Gasteiger partial charge < -0.3 is 20.7 Å². The Morgan fingerprint density at radius 1 is 1.55 bits per heavy atom. The smallest absolute Gasteiger partial charge is 0.248 e. The minimum atomic E-state index is -0.412. The van der Waals surface area contributed by atoms with Gasteiger partial charge in [0.15, 0.2) is 5.96 Å². The highest BCUT2D eigenvalue weighted by Gasteiger charge is 2.19. The molecule has 0 bridgehead atoms. The maximum Gasteiger partial charge on any atom is 0.248 e. The molecule has 1 aromatic rings. The van der Waals surface area contributed by atoms with E-state index in [1.807, 2.05) is 19.2 Å². The summed E-state index contributed by atoms with van der Waals surface area (Å²) in [4.78, 5) is 17.6. The number of aliphatic imine (C=N–C) groups is 1. The van der Waals surface area contributed by atoms with Crippen LogP contribution in [-0.4, -0.2) is 50.6 Å². The van der Waals surface area contributed by atoms with Crippen molar-refractivity contribution in [2.24, 2.45) is 16.6 Å². The summed E-state index contributed by atoms with van der Waals surface area (Å²) in [6.45, 7) is 3.19. The second-order valence-corrected chi connectivity index (χ2v) is 5.58. The Bertz CT molecular complexity index is 539. The molecular weight excluding hydrogens is 280 g/mol. The molecule has 0 aromatic heterocycles. The predicted molar refractivity (Wildman–Crippen MR) is 86.7 cm³/mol. The van der Waals surface area contributed by atoms with E-state index < -0.39 is 5.91 Å². The Labute approximate surface area is 131 Å². The van der Waals surface area contributed by atoms with Crippen LogP contribution >= 0.6 is 0 Å². The average molecular weight is 304 g/mol. The van der Waals surface area contributed by atoms with Crippen LogP contribution in [0.25, 0.3) is 0 Å². The molecule has 22 heavy (non-hydrogen) atoms. The molecule has 3 N–H and O–H groups in total. The van der Waals surface area contributed by atoms with Crippen LogP contribution in [0.2, 0.25) is 0 Å². The predicted octanol–water partition coefficient (Wildman–Crippen LogP) is 0.829. The molecule has 0 aliphatic carbocycles. The molecule has 1 atom stereocenters. The average Bonchev–Trinajstić information content (AvgIpc) is 3.01. The van der Waals surface area contributed by atoms with E-state index >= 15 is 0 Å². The standard InChI is InChI=1S/C16H24N4O2/c1-18-16(20(2)10-13-6-7-22-11-13)19-9-12-4-3-5-14(8-12)15(17)21/h3-5,8,13H,6-7,9-11H2,1-2H3,(H2,17,21)(H,18,19). The minimum absolute atomic E-state index is 0.412. The molecule has 1 saturated heterocycles. The van der Waals surface area contributed by atoms with Crippen molar-refractivity contribution in [1.29, 1.82) is 0 Å². The summed E-state index contributed by atoms with van der Waals surface area (Å²) in [5, 5.41) is 3.31. The van der Waals surface area contributed by atoms with Crippen LogP contribution in [-0.2, 0) is 11.3 Å². The van der Waals surface area contributed by atoms with E-state index in [1.54, 1.807) is 19.2 Å². The Hall–Kier alpha value is -2.08. The zero-order chi connectivity index (χ0) is 15.9. The third-order valence-corrected chi connectivity index (χ3v) is 3.79. The Morgan fingerprint density at radius 2 is 2.36 bits per heavy atom. The zero-order valence-electron chi connectivity index (χ0n) is 13.2. The molecule has 2 rings (SSSR count). The van der Waals surface area contributed by atoms with Crippen molar-refractivity contribution in [3.8, 4) is 0 Å². The molecule has 1 fully saturated rings.